The Morgan fingerprint density at radius 3 is 2.22 bits per heavy atom. The van der Waals surface area contributed by atoms with E-state index in [1.54, 1.807) is 0 Å². The highest BCUT2D eigenvalue weighted by atomic mass is 16.5. The second kappa shape index (κ2) is 14.3. The number of nitrogens with one attached hydrogen (secondary N) is 1. The topological polar surface area (TPSA) is 21.3 Å². The van der Waals surface area contributed by atoms with Gasteiger partial charge in [0.05, 0.1) is 6.73 Å². The Bertz CT molecular complexity index is 250. The number of hydrogen-bond acceptors (Lipinski definition) is 2. The van der Waals surface area contributed by atoms with Crippen LogP contribution in [0, 0.1) is 11.8 Å². The lowest BCUT2D eigenvalue weighted by Crippen LogP contribution is -2.40. The van der Waals surface area contributed by atoms with Crippen LogP contribution < -0.4 is 5.32 Å². The molecule has 1 atom stereocenters. The van der Waals surface area contributed by atoms with E-state index in [0.717, 1.165) is 18.4 Å². The van der Waals surface area contributed by atoms with E-state index in [1.165, 1.54) is 64.2 Å². The summed E-state index contributed by atoms with van der Waals surface area (Å²) in [5.74, 6) is 1.63. The molecule has 0 saturated carbocycles. The number of ether oxygens (including phenoxy) is 1. The van der Waals surface area contributed by atoms with E-state index >= 15 is 0 Å². The predicted molar refractivity (Wildman–Crippen MR) is 104 cm³/mol. The third kappa shape index (κ3) is 16.6. The molecule has 0 aromatic carbocycles. The summed E-state index contributed by atoms with van der Waals surface area (Å²) >= 11 is 0. The zero-order valence-electron chi connectivity index (χ0n) is 17.0. The predicted octanol–water partition coefficient (Wildman–Crippen LogP) is 6.54. The lowest BCUT2D eigenvalue weighted by atomic mass is 9.96. The fraction of sp³-hybridized carbons (Fsp3) is 1.00. The molecule has 0 spiro atoms. The SMILES string of the molecule is CCCCCCCC(C)(C)NCOCCC(C)CCCC(C)C. The third-order valence-electron chi connectivity index (χ3n) is 4.79. The zero-order chi connectivity index (χ0) is 17.6. The Labute approximate surface area is 147 Å². The van der Waals surface area contributed by atoms with E-state index in [4.69, 9.17) is 4.74 Å². The molecule has 0 fully saturated rings. The van der Waals surface area contributed by atoms with Crippen LogP contribution in [0.4, 0.5) is 0 Å². The molecule has 0 heterocycles. The maximum atomic E-state index is 5.80. The van der Waals surface area contributed by atoms with Crippen LogP contribution in [0.15, 0.2) is 0 Å². The van der Waals surface area contributed by atoms with E-state index in [0.29, 0.717) is 6.73 Å². The molecule has 0 aliphatic rings. The van der Waals surface area contributed by atoms with Crippen molar-refractivity contribution >= 4 is 0 Å². The van der Waals surface area contributed by atoms with Gasteiger partial charge in [0.15, 0.2) is 0 Å². The van der Waals surface area contributed by atoms with Gasteiger partial charge in [0, 0.05) is 12.1 Å². The van der Waals surface area contributed by atoms with Gasteiger partial charge in [-0.3, -0.25) is 5.32 Å². The Morgan fingerprint density at radius 2 is 1.57 bits per heavy atom. The molecular weight excluding hydrogens is 282 g/mol. The average molecular weight is 328 g/mol. The van der Waals surface area contributed by atoms with Crippen molar-refractivity contribution in [3.05, 3.63) is 0 Å². The van der Waals surface area contributed by atoms with Gasteiger partial charge >= 0.3 is 0 Å². The second-order valence-corrected chi connectivity index (χ2v) is 8.50. The molecular formula is C21H45NO. The normalized spacial score (nSPS) is 13.7. The minimum absolute atomic E-state index is 0.203. The van der Waals surface area contributed by atoms with Crippen molar-refractivity contribution in [1.82, 2.24) is 5.32 Å². The highest BCUT2D eigenvalue weighted by Gasteiger charge is 2.15. The van der Waals surface area contributed by atoms with Crippen LogP contribution in [0.2, 0.25) is 0 Å². The third-order valence-corrected chi connectivity index (χ3v) is 4.79. The molecule has 2 nitrogen and oxygen atoms in total. The van der Waals surface area contributed by atoms with E-state index in [2.05, 4.69) is 46.9 Å². The first-order valence-electron chi connectivity index (χ1n) is 10.2. The van der Waals surface area contributed by atoms with E-state index in [1.807, 2.05) is 0 Å². The molecule has 0 amide bonds. The molecule has 0 rings (SSSR count). The summed E-state index contributed by atoms with van der Waals surface area (Å²) in [5.41, 5.74) is 0.203. The van der Waals surface area contributed by atoms with Gasteiger partial charge in [-0.1, -0.05) is 79.1 Å². The van der Waals surface area contributed by atoms with Gasteiger partial charge in [-0.25, -0.2) is 0 Å². The molecule has 0 aromatic heterocycles. The van der Waals surface area contributed by atoms with Gasteiger partial charge in [-0.05, 0) is 38.5 Å². The minimum atomic E-state index is 0.203. The van der Waals surface area contributed by atoms with Crippen LogP contribution in [-0.2, 0) is 4.74 Å². The fourth-order valence-electron chi connectivity index (χ4n) is 2.88. The summed E-state index contributed by atoms with van der Waals surface area (Å²) in [4.78, 5) is 0. The summed E-state index contributed by atoms with van der Waals surface area (Å²) in [6.45, 7) is 15.4. The highest BCUT2D eigenvalue weighted by Crippen LogP contribution is 2.16. The Kier molecular flexibility index (Phi) is 14.2. The Hall–Kier alpha value is -0.0800. The number of rotatable bonds is 16. The van der Waals surface area contributed by atoms with Gasteiger partial charge in [0.1, 0.15) is 0 Å². The maximum absolute atomic E-state index is 5.80. The van der Waals surface area contributed by atoms with Crippen molar-refractivity contribution < 1.29 is 4.74 Å². The number of hydrogen-bond donors (Lipinski definition) is 1. The molecule has 0 bridgehead atoms. The highest BCUT2D eigenvalue weighted by molar-refractivity contribution is 4.75. The standard InChI is InChI=1S/C21H45NO/c1-7-8-9-10-11-16-21(5,6)22-18-23-17-15-20(4)14-12-13-19(2)3/h19-20,22H,7-18H2,1-6H3. The Balaban J connectivity index is 3.50. The van der Waals surface area contributed by atoms with Crippen molar-refractivity contribution in [1.29, 1.82) is 0 Å². The van der Waals surface area contributed by atoms with Crippen molar-refractivity contribution in [2.75, 3.05) is 13.3 Å². The monoisotopic (exact) mass is 327 g/mol. The summed E-state index contributed by atoms with van der Waals surface area (Å²) < 4.78 is 5.80. The largest absolute Gasteiger partial charge is 0.366 e. The quantitative estimate of drug-likeness (QED) is 0.256. The summed E-state index contributed by atoms with van der Waals surface area (Å²) in [6.07, 6.45) is 13.3. The van der Waals surface area contributed by atoms with Gasteiger partial charge < -0.3 is 4.74 Å². The first-order valence-corrected chi connectivity index (χ1v) is 10.2. The molecule has 1 N–H and O–H groups in total. The molecule has 0 saturated heterocycles. The smallest absolute Gasteiger partial charge is 0.0969 e. The van der Waals surface area contributed by atoms with Gasteiger partial charge in [0.25, 0.3) is 0 Å². The summed E-state index contributed by atoms with van der Waals surface area (Å²) in [7, 11) is 0. The van der Waals surface area contributed by atoms with Crippen LogP contribution >= 0.6 is 0 Å². The zero-order valence-corrected chi connectivity index (χ0v) is 17.0. The molecule has 0 aliphatic carbocycles. The lowest BCUT2D eigenvalue weighted by Gasteiger charge is -2.26. The van der Waals surface area contributed by atoms with E-state index in [9.17, 15) is 0 Å². The molecule has 2 heteroatoms. The minimum Gasteiger partial charge on any atom is -0.366 e. The van der Waals surface area contributed by atoms with Crippen molar-refractivity contribution in [2.24, 2.45) is 11.8 Å². The van der Waals surface area contributed by atoms with Gasteiger partial charge in [0.2, 0.25) is 0 Å². The van der Waals surface area contributed by atoms with Crippen molar-refractivity contribution in [2.45, 2.75) is 111 Å². The molecule has 1 unspecified atom stereocenters. The van der Waals surface area contributed by atoms with Crippen LogP contribution in [-0.4, -0.2) is 18.9 Å². The number of unbranched alkanes of at least 4 members (excludes halogenated alkanes) is 4. The summed E-state index contributed by atoms with van der Waals surface area (Å²) in [6, 6.07) is 0. The van der Waals surface area contributed by atoms with Crippen LogP contribution in [0.3, 0.4) is 0 Å². The van der Waals surface area contributed by atoms with Crippen LogP contribution in [0.25, 0.3) is 0 Å². The van der Waals surface area contributed by atoms with E-state index in [-0.39, 0.29) is 5.54 Å². The van der Waals surface area contributed by atoms with Crippen molar-refractivity contribution in [3.8, 4) is 0 Å². The Morgan fingerprint density at radius 1 is 0.870 bits per heavy atom. The van der Waals surface area contributed by atoms with E-state index < -0.39 is 0 Å². The summed E-state index contributed by atoms with van der Waals surface area (Å²) in [5, 5.41) is 3.56. The van der Waals surface area contributed by atoms with Crippen LogP contribution in [0.1, 0.15) is 106 Å². The van der Waals surface area contributed by atoms with Crippen molar-refractivity contribution in [3.63, 3.8) is 0 Å². The first-order chi connectivity index (χ1) is 10.9. The van der Waals surface area contributed by atoms with Gasteiger partial charge in [-0.2, -0.15) is 0 Å². The molecule has 0 radical (unpaired) electrons. The van der Waals surface area contributed by atoms with Gasteiger partial charge in [-0.15, -0.1) is 0 Å². The molecule has 23 heavy (non-hydrogen) atoms. The molecule has 140 valence electrons. The lowest BCUT2D eigenvalue weighted by molar-refractivity contribution is 0.0834. The maximum Gasteiger partial charge on any atom is 0.0969 e. The van der Waals surface area contributed by atoms with Crippen LogP contribution in [0.5, 0.6) is 0 Å². The average Bonchev–Trinajstić information content (AvgIpc) is 2.46. The molecule has 0 aromatic rings. The molecule has 0 aliphatic heterocycles. The second-order valence-electron chi connectivity index (χ2n) is 8.50. The fourth-order valence-corrected chi connectivity index (χ4v) is 2.88. The first kappa shape index (κ1) is 22.9.